The van der Waals surface area contributed by atoms with E-state index >= 15 is 0 Å². The largest absolute Gasteiger partial charge is 0.497 e. The van der Waals surface area contributed by atoms with Crippen molar-refractivity contribution in [1.82, 2.24) is 0 Å². The molecule has 3 N–H and O–H groups in total. The van der Waals surface area contributed by atoms with E-state index in [1.54, 1.807) is 12.0 Å². The molecule has 1 saturated heterocycles. The predicted molar refractivity (Wildman–Crippen MR) is 74.9 cm³/mol. The van der Waals surface area contributed by atoms with Gasteiger partial charge in [0.15, 0.2) is 0 Å². The highest BCUT2D eigenvalue weighted by atomic mass is 16.5. The van der Waals surface area contributed by atoms with E-state index in [4.69, 9.17) is 9.47 Å². The number of hydrogen-bond acceptors (Lipinski definition) is 2. The lowest BCUT2D eigenvalue weighted by molar-refractivity contribution is -0.946. The standard InChI is InChI=1S/C15H24N2O2/c1-18-14-4-6-15(7-5-14)19-13-3-2-10-17-11-8-16-9-12-17/h4-7,16H,2-3,8-13H2,1H3/p+2. The summed E-state index contributed by atoms with van der Waals surface area (Å²) in [5.41, 5.74) is 0. The van der Waals surface area contributed by atoms with Crippen LogP contribution in [0, 0.1) is 0 Å². The molecule has 0 saturated carbocycles. The minimum atomic E-state index is 0.811. The lowest BCUT2D eigenvalue weighted by atomic mass is 10.2. The summed E-state index contributed by atoms with van der Waals surface area (Å²) in [7, 11) is 1.68. The molecule has 19 heavy (non-hydrogen) atoms. The maximum atomic E-state index is 5.72. The van der Waals surface area contributed by atoms with Gasteiger partial charge in [-0.05, 0) is 37.1 Å². The number of benzene rings is 1. The molecule has 0 aliphatic carbocycles. The van der Waals surface area contributed by atoms with Crippen LogP contribution in [-0.2, 0) is 0 Å². The smallest absolute Gasteiger partial charge is 0.127 e. The van der Waals surface area contributed by atoms with E-state index in [1.807, 2.05) is 24.3 Å². The fourth-order valence-corrected chi connectivity index (χ4v) is 2.47. The molecule has 4 heteroatoms. The van der Waals surface area contributed by atoms with Gasteiger partial charge in [-0.3, -0.25) is 0 Å². The first-order valence-electron chi connectivity index (χ1n) is 7.30. The summed E-state index contributed by atoms with van der Waals surface area (Å²) in [5.74, 6) is 1.80. The normalized spacial score (nSPS) is 16.3. The zero-order chi connectivity index (χ0) is 13.3. The van der Waals surface area contributed by atoms with Gasteiger partial charge in [0.1, 0.15) is 37.7 Å². The molecule has 0 atom stereocenters. The van der Waals surface area contributed by atoms with Crippen LogP contribution < -0.4 is 19.7 Å². The molecule has 1 fully saturated rings. The highest BCUT2D eigenvalue weighted by Gasteiger charge is 2.14. The number of quaternary nitrogens is 2. The van der Waals surface area contributed by atoms with Crippen LogP contribution in [-0.4, -0.2) is 46.4 Å². The summed E-state index contributed by atoms with van der Waals surface area (Å²) in [6.45, 7) is 7.32. The highest BCUT2D eigenvalue weighted by Crippen LogP contribution is 2.17. The number of piperazine rings is 1. The Bertz CT molecular complexity index is 348. The van der Waals surface area contributed by atoms with E-state index in [0.717, 1.165) is 24.5 Å². The summed E-state index contributed by atoms with van der Waals surface area (Å²) >= 11 is 0. The SMILES string of the molecule is COc1ccc(OCCCC[NH+]2CC[NH2+]CC2)cc1. The molecule has 1 aliphatic rings. The molecular formula is C15H26N2O2+2. The Morgan fingerprint density at radius 2 is 1.74 bits per heavy atom. The van der Waals surface area contributed by atoms with Gasteiger partial charge >= 0.3 is 0 Å². The molecule has 0 bridgehead atoms. The Kier molecular flexibility index (Phi) is 5.98. The van der Waals surface area contributed by atoms with Gasteiger partial charge in [-0.1, -0.05) is 0 Å². The molecular weight excluding hydrogens is 240 g/mol. The zero-order valence-electron chi connectivity index (χ0n) is 11.9. The van der Waals surface area contributed by atoms with Crippen LogP contribution in [0.25, 0.3) is 0 Å². The molecule has 0 amide bonds. The first-order chi connectivity index (χ1) is 9.38. The van der Waals surface area contributed by atoms with Crippen LogP contribution in [0.1, 0.15) is 12.8 Å². The van der Waals surface area contributed by atoms with Crippen molar-refractivity contribution in [2.45, 2.75) is 12.8 Å². The van der Waals surface area contributed by atoms with E-state index in [2.05, 4.69) is 5.32 Å². The molecule has 0 radical (unpaired) electrons. The average Bonchev–Trinajstić information content (AvgIpc) is 2.49. The second-order valence-electron chi connectivity index (χ2n) is 5.10. The number of hydrogen-bond donors (Lipinski definition) is 2. The van der Waals surface area contributed by atoms with E-state index in [1.165, 1.54) is 39.1 Å². The van der Waals surface area contributed by atoms with Crippen LogP contribution in [0.2, 0.25) is 0 Å². The second-order valence-corrected chi connectivity index (χ2v) is 5.10. The third-order valence-electron chi connectivity index (χ3n) is 3.66. The van der Waals surface area contributed by atoms with E-state index in [9.17, 15) is 0 Å². The molecule has 1 aromatic rings. The quantitative estimate of drug-likeness (QED) is 0.642. The summed E-state index contributed by atoms with van der Waals surface area (Å²) in [4.78, 5) is 1.76. The van der Waals surface area contributed by atoms with Crippen molar-refractivity contribution >= 4 is 0 Å². The van der Waals surface area contributed by atoms with Gasteiger partial charge in [0.05, 0.1) is 20.3 Å². The number of nitrogens with two attached hydrogens (primary N) is 1. The molecule has 1 aliphatic heterocycles. The Morgan fingerprint density at radius 3 is 2.42 bits per heavy atom. The molecule has 0 spiro atoms. The van der Waals surface area contributed by atoms with Crippen LogP contribution in [0.15, 0.2) is 24.3 Å². The topological polar surface area (TPSA) is 39.5 Å². The molecule has 1 heterocycles. The Balaban J connectivity index is 1.55. The monoisotopic (exact) mass is 266 g/mol. The van der Waals surface area contributed by atoms with Crippen molar-refractivity contribution < 1.29 is 19.7 Å². The zero-order valence-corrected chi connectivity index (χ0v) is 11.9. The van der Waals surface area contributed by atoms with Gasteiger partial charge < -0.3 is 19.7 Å². The Morgan fingerprint density at radius 1 is 1.05 bits per heavy atom. The van der Waals surface area contributed by atoms with E-state index < -0.39 is 0 Å². The number of rotatable bonds is 7. The number of methoxy groups -OCH3 is 1. The molecule has 4 nitrogen and oxygen atoms in total. The summed E-state index contributed by atoms with van der Waals surface area (Å²) in [6, 6.07) is 7.79. The summed E-state index contributed by atoms with van der Waals surface area (Å²) in [5, 5.41) is 2.41. The van der Waals surface area contributed by atoms with Crippen LogP contribution in [0.5, 0.6) is 11.5 Å². The van der Waals surface area contributed by atoms with Gasteiger partial charge in [0.25, 0.3) is 0 Å². The predicted octanol–water partition coefficient (Wildman–Crippen LogP) is -0.684. The lowest BCUT2D eigenvalue weighted by Gasteiger charge is -2.21. The number of nitrogens with one attached hydrogen (secondary N) is 1. The maximum Gasteiger partial charge on any atom is 0.127 e. The van der Waals surface area contributed by atoms with Gasteiger partial charge in [0, 0.05) is 0 Å². The first-order valence-corrected chi connectivity index (χ1v) is 7.30. The van der Waals surface area contributed by atoms with Gasteiger partial charge in [0.2, 0.25) is 0 Å². The third kappa shape index (κ3) is 5.09. The molecule has 1 aromatic carbocycles. The van der Waals surface area contributed by atoms with E-state index in [0.29, 0.717) is 0 Å². The Labute approximate surface area is 115 Å². The van der Waals surface area contributed by atoms with Crippen molar-refractivity contribution in [3.63, 3.8) is 0 Å². The number of unbranched alkanes of at least 4 members (excludes halogenated alkanes) is 1. The maximum absolute atomic E-state index is 5.72. The van der Waals surface area contributed by atoms with Crippen LogP contribution >= 0.6 is 0 Å². The van der Waals surface area contributed by atoms with Crippen molar-refractivity contribution in [3.05, 3.63) is 24.3 Å². The van der Waals surface area contributed by atoms with Crippen LogP contribution in [0.3, 0.4) is 0 Å². The molecule has 0 aromatic heterocycles. The summed E-state index contributed by atoms with van der Waals surface area (Å²) in [6.07, 6.45) is 2.39. The van der Waals surface area contributed by atoms with Crippen molar-refractivity contribution in [2.75, 3.05) is 46.4 Å². The first kappa shape index (κ1) is 14.2. The minimum absolute atomic E-state index is 0.811. The van der Waals surface area contributed by atoms with Gasteiger partial charge in [-0.2, -0.15) is 0 Å². The van der Waals surface area contributed by atoms with Gasteiger partial charge in [-0.25, -0.2) is 0 Å². The van der Waals surface area contributed by atoms with Crippen molar-refractivity contribution in [2.24, 2.45) is 0 Å². The van der Waals surface area contributed by atoms with Gasteiger partial charge in [-0.15, -0.1) is 0 Å². The molecule has 0 unspecified atom stereocenters. The second kappa shape index (κ2) is 8.02. The van der Waals surface area contributed by atoms with Crippen molar-refractivity contribution in [3.8, 4) is 11.5 Å². The minimum Gasteiger partial charge on any atom is -0.497 e. The van der Waals surface area contributed by atoms with Crippen molar-refractivity contribution in [1.29, 1.82) is 0 Å². The molecule has 106 valence electrons. The highest BCUT2D eigenvalue weighted by molar-refractivity contribution is 5.31. The average molecular weight is 266 g/mol. The van der Waals surface area contributed by atoms with Crippen LogP contribution in [0.4, 0.5) is 0 Å². The third-order valence-corrected chi connectivity index (χ3v) is 3.66. The fourth-order valence-electron chi connectivity index (χ4n) is 2.47. The number of ether oxygens (including phenoxy) is 2. The lowest BCUT2D eigenvalue weighted by Crippen LogP contribution is -3.20. The van der Waals surface area contributed by atoms with E-state index in [-0.39, 0.29) is 0 Å². The summed E-state index contributed by atoms with van der Waals surface area (Å²) < 4.78 is 10.8. The molecule has 2 rings (SSSR count). The fraction of sp³-hybridized carbons (Fsp3) is 0.600. The Hall–Kier alpha value is -1.26.